The molecule has 0 saturated carbocycles. The molecule has 0 spiro atoms. The minimum atomic E-state index is -0.535. The van der Waals surface area contributed by atoms with Crippen LogP contribution in [0.3, 0.4) is 0 Å². The molecule has 8 nitrogen and oxygen atoms in total. The van der Waals surface area contributed by atoms with E-state index in [-0.39, 0.29) is 12.0 Å². The predicted octanol–water partition coefficient (Wildman–Crippen LogP) is 4.88. The first-order valence-corrected chi connectivity index (χ1v) is 11.8. The Kier molecular flexibility index (Phi) is 7.26. The summed E-state index contributed by atoms with van der Waals surface area (Å²) in [5, 5.41) is 17.7. The Balaban J connectivity index is 1.52. The highest BCUT2D eigenvalue weighted by atomic mass is 35.5. The molecular formula is C25H29ClN6O2. The minimum Gasteiger partial charge on any atom is -0.338 e. The number of tetrazole rings is 1. The van der Waals surface area contributed by atoms with Crippen LogP contribution in [-0.4, -0.2) is 45.0 Å². The summed E-state index contributed by atoms with van der Waals surface area (Å²) in [5.74, 6) is 0.0681. The quantitative estimate of drug-likeness (QED) is 0.284. The summed E-state index contributed by atoms with van der Waals surface area (Å²) in [4.78, 5) is 21.6. The zero-order valence-corrected chi connectivity index (χ0v) is 20.5. The molecule has 3 aromatic rings. The number of oxime groups is 1. The maximum absolute atomic E-state index is 12.7. The van der Waals surface area contributed by atoms with Gasteiger partial charge in [-0.2, -0.15) is 4.80 Å². The lowest BCUT2D eigenvalue weighted by Gasteiger charge is -2.24. The zero-order chi connectivity index (χ0) is 24.1. The van der Waals surface area contributed by atoms with E-state index in [1.54, 1.807) is 24.3 Å². The topological polar surface area (TPSA) is 85.5 Å². The predicted molar refractivity (Wildman–Crippen MR) is 132 cm³/mol. The summed E-state index contributed by atoms with van der Waals surface area (Å²) in [7, 11) is 0. The third-order valence-electron chi connectivity index (χ3n) is 5.78. The lowest BCUT2D eigenvalue weighted by molar-refractivity contribution is 0.0515. The van der Waals surface area contributed by atoms with Crippen LogP contribution < -0.4 is 4.90 Å². The van der Waals surface area contributed by atoms with Gasteiger partial charge in [0.25, 0.3) is 5.95 Å². The van der Waals surface area contributed by atoms with Gasteiger partial charge < -0.3 is 9.74 Å². The summed E-state index contributed by atoms with van der Waals surface area (Å²) in [6.45, 7) is 8.41. The molecule has 0 aliphatic carbocycles. The van der Waals surface area contributed by atoms with Crippen molar-refractivity contribution in [1.29, 1.82) is 0 Å². The molecule has 0 N–H and O–H groups in total. The van der Waals surface area contributed by atoms with Crippen molar-refractivity contribution >= 4 is 29.2 Å². The number of nitrogens with zero attached hydrogens (tertiary/aromatic N) is 6. The second-order valence-corrected chi connectivity index (χ2v) is 9.85. The van der Waals surface area contributed by atoms with Crippen LogP contribution in [0.5, 0.6) is 0 Å². The van der Waals surface area contributed by atoms with Gasteiger partial charge in [0.2, 0.25) is 0 Å². The lowest BCUT2D eigenvalue weighted by Crippen LogP contribution is -2.30. The van der Waals surface area contributed by atoms with Gasteiger partial charge in [-0.1, -0.05) is 66.9 Å². The van der Waals surface area contributed by atoms with Crippen molar-refractivity contribution in [3.63, 3.8) is 0 Å². The van der Waals surface area contributed by atoms with Crippen LogP contribution in [0.4, 0.5) is 5.95 Å². The van der Waals surface area contributed by atoms with Gasteiger partial charge in [-0.3, -0.25) is 0 Å². The van der Waals surface area contributed by atoms with Gasteiger partial charge in [0.1, 0.15) is 12.3 Å². The van der Waals surface area contributed by atoms with E-state index < -0.39 is 5.97 Å². The molecule has 0 radical (unpaired) electrons. The first kappa shape index (κ1) is 23.9. The maximum atomic E-state index is 12.7. The summed E-state index contributed by atoms with van der Waals surface area (Å²) in [5.41, 5.74) is 2.80. The Morgan fingerprint density at radius 2 is 1.65 bits per heavy atom. The number of halogens is 1. The van der Waals surface area contributed by atoms with Gasteiger partial charge in [0, 0.05) is 23.7 Å². The Morgan fingerprint density at radius 3 is 2.29 bits per heavy atom. The van der Waals surface area contributed by atoms with E-state index >= 15 is 0 Å². The van der Waals surface area contributed by atoms with E-state index in [1.807, 2.05) is 24.3 Å². The molecule has 1 fully saturated rings. The molecule has 1 aliphatic heterocycles. The molecule has 2 aromatic carbocycles. The van der Waals surface area contributed by atoms with E-state index in [0.717, 1.165) is 37.1 Å². The van der Waals surface area contributed by atoms with Gasteiger partial charge in [-0.05, 0) is 59.7 Å². The monoisotopic (exact) mass is 480 g/mol. The highest BCUT2D eigenvalue weighted by Crippen LogP contribution is 2.22. The molecule has 1 saturated heterocycles. The third-order valence-corrected chi connectivity index (χ3v) is 6.03. The van der Waals surface area contributed by atoms with Crippen molar-refractivity contribution in [2.24, 2.45) is 5.16 Å². The fourth-order valence-electron chi connectivity index (χ4n) is 3.73. The van der Waals surface area contributed by atoms with Crippen LogP contribution in [0.1, 0.15) is 61.5 Å². The van der Waals surface area contributed by atoms with Crippen molar-refractivity contribution in [2.75, 3.05) is 18.0 Å². The second kappa shape index (κ2) is 10.3. The third kappa shape index (κ3) is 5.99. The standard InChI is InChI=1S/C25H29ClN6O2/c1-25(2,3)20-11-7-19(8-12-20)23(33)34-29-22(18-9-13-21(26)14-10-18)17-32-28-24(27-30-32)31-15-5-4-6-16-31/h7-14H,4-6,15-17H2,1-3H3/b29-22+. The molecule has 9 heteroatoms. The van der Waals surface area contributed by atoms with Crippen molar-refractivity contribution in [1.82, 2.24) is 20.2 Å². The number of rotatable bonds is 6. The summed E-state index contributed by atoms with van der Waals surface area (Å²) in [6.07, 6.45) is 3.47. The first-order valence-electron chi connectivity index (χ1n) is 11.5. The summed E-state index contributed by atoms with van der Waals surface area (Å²) < 4.78 is 0. The first-order chi connectivity index (χ1) is 16.3. The molecule has 0 amide bonds. The van der Waals surface area contributed by atoms with Crippen molar-refractivity contribution < 1.29 is 9.63 Å². The van der Waals surface area contributed by atoms with E-state index in [1.165, 1.54) is 11.2 Å². The normalized spacial score (nSPS) is 14.8. The molecule has 34 heavy (non-hydrogen) atoms. The number of anilines is 1. The summed E-state index contributed by atoms with van der Waals surface area (Å²) in [6, 6.07) is 14.5. The van der Waals surface area contributed by atoms with E-state index in [4.69, 9.17) is 16.4 Å². The number of hydrogen-bond acceptors (Lipinski definition) is 7. The largest absolute Gasteiger partial charge is 0.365 e. The second-order valence-electron chi connectivity index (χ2n) is 9.42. The molecule has 1 aliphatic rings. The van der Waals surface area contributed by atoms with Crippen LogP contribution >= 0.6 is 11.6 Å². The van der Waals surface area contributed by atoms with Crippen molar-refractivity contribution in [2.45, 2.75) is 52.0 Å². The van der Waals surface area contributed by atoms with E-state index in [9.17, 15) is 4.79 Å². The smallest absolute Gasteiger partial charge is 0.338 e. The SMILES string of the molecule is CC(C)(C)c1ccc(C(=O)O/N=C(\Cn2nnc(N3CCCCC3)n2)c2ccc(Cl)cc2)cc1. The average molecular weight is 481 g/mol. The fourth-order valence-corrected chi connectivity index (χ4v) is 3.85. The molecular weight excluding hydrogens is 452 g/mol. The van der Waals surface area contributed by atoms with Gasteiger partial charge in [-0.25, -0.2) is 4.79 Å². The van der Waals surface area contributed by atoms with E-state index in [2.05, 4.69) is 46.2 Å². The Bertz CT molecular complexity index is 1140. The molecule has 2 heterocycles. The van der Waals surface area contributed by atoms with Gasteiger partial charge in [0.05, 0.1) is 5.56 Å². The number of hydrogen-bond donors (Lipinski definition) is 0. The van der Waals surface area contributed by atoms with Crippen LogP contribution in [0.2, 0.25) is 5.02 Å². The highest BCUT2D eigenvalue weighted by Gasteiger charge is 2.18. The maximum Gasteiger partial charge on any atom is 0.365 e. The summed E-state index contributed by atoms with van der Waals surface area (Å²) >= 11 is 6.05. The molecule has 1 aromatic heterocycles. The van der Waals surface area contributed by atoms with Crippen molar-refractivity contribution in [3.05, 3.63) is 70.2 Å². The number of piperidine rings is 1. The molecule has 0 unspecified atom stereocenters. The van der Waals surface area contributed by atoms with Gasteiger partial charge in [-0.15, -0.1) is 5.10 Å². The van der Waals surface area contributed by atoms with E-state index in [0.29, 0.717) is 22.2 Å². The zero-order valence-electron chi connectivity index (χ0n) is 19.7. The van der Waals surface area contributed by atoms with Gasteiger partial charge >= 0.3 is 5.97 Å². The van der Waals surface area contributed by atoms with Crippen LogP contribution in [-0.2, 0) is 16.8 Å². The number of carbonyl (C=O) groups is 1. The minimum absolute atomic E-state index is 0.000188. The number of carbonyl (C=O) groups excluding carboxylic acids is 1. The van der Waals surface area contributed by atoms with Crippen molar-refractivity contribution in [3.8, 4) is 0 Å². The van der Waals surface area contributed by atoms with Gasteiger partial charge in [0.15, 0.2) is 0 Å². The number of aromatic nitrogens is 4. The molecule has 178 valence electrons. The van der Waals surface area contributed by atoms with Crippen LogP contribution in [0.25, 0.3) is 0 Å². The van der Waals surface area contributed by atoms with Crippen LogP contribution in [0.15, 0.2) is 53.7 Å². The number of benzene rings is 2. The fraction of sp³-hybridized carbons (Fsp3) is 0.400. The molecule has 0 bridgehead atoms. The van der Waals surface area contributed by atoms with Crippen LogP contribution in [0, 0.1) is 0 Å². The average Bonchev–Trinajstić information content (AvgIpc) is 3.31. The Labute approximate surface area is 204 Å². The molecule has 4 rings (SSSR count). The molecule has 0 atom stereocenters. The highest BCUT2D eigenvalue weighted by molar-refractivity contribution is 6.30. The Morgan fingerprint density at radius 1 is 1.00 bits per heavy atom. The Hall–Kier alpha value is -3.26. The lowest BCUT2D eigenvalue weighted by atomic mass is 9.87.